The van der Waals surface area contributed by atoms with Crippen LogP contribution in [0.4, 0.5) is 4.39 Å². The van der Waals surface area contributed by atoms with E-state index in [4.69, 9.17) is 11.6 Å². The van der Waals surface area contributed by atoms with Gasteiger partial charge in [-0.15, -0.1) is 11.3 Å². The predicted molar refractivity (Wildman–Crippen MR) is 56.2 cm³/mol. The number of hydrogen-bond donors (Lipinski definition) is 0. The normalized spacial score (nSPS) is 11.0. The van der Waals surface area contributed by atoms with Crippen molar-refractivity contribution in [3.63, 3.8) is 0 Å². The van der Waals surface area contributed by atoms with Crippen molar-refractivity contribution in [2.45, 2.75) is 13.3 Å². The van der Waals surface area contributed by atoms with Crippen molar-refractivity contribution in [3.05, 3.63) is 33.9 Å². The Morgan fingerprint density at radius 2 is 2.23 bits per heavy atom. The van der Waals surface area contributed by atoms with Crippen molar-refractivity contribution in [2.24, 2.45) is 0 Å². The number of hydrogen-bond acceptors (Lipinski definition) is 1. The van der Waals surface area contributed by atoms with E-state index in [0.717, 1.165) is 16.7 Å². The van der Waals surface area contributed by atoms with Crippen LogP contribution in [0.15, 0.2) is 17.5 Å². The van der Waals surface area contributed by atoms with Crippen LogP contribution in [0.5, 0.6) is 0 Å². The Balaban J connectivity index is 2.85. The lowest BCUT2D eigenvalue weighted by Crippen LogP contribution is -1.82. The molecule has 0 saturated heterocycles. The highest BCUT2D eigenvalue weighted by molar-refractivity contribution is 7.17. The average molecular weight is 215 g/mol. The van der Waals surface area contributed by atoms with Gasteiger partial charge in [0.25, 0.3) is 0 Å². The third-order valence-corrected chi connectivity index (χ3v) is 3.38. The number of aryl methyl sites for hydroxylation is 1. The lowest BCUT2D eigenvalue weighted by atomic mass is 10.1. The monoisotopic (exact) mass is 214 g/mol. The highest BCUT2D eigenvalue weighted by Gasteiger charge is 2.10. The maximum atomic E-state index is 13.6. The summed E-state index contributed by atoms with van der Waals surface area (Å²) in [4.78, 5) is 0. The highest BCUT2D eigenvalue weighted by Crippen LogP contribution is 2.32. The van der Waals surface area contributed by atoms with Gasteiger partial charge in [0.05, 0.1) is 5.02 Å². The number of thiophene rings is 1. The Morgan fingerprint density at radius 1 is 1.46 bits per heavy atom. The molecule has 0 N–H and O–H groups in total. The lowest BCUT2D eigenvalue weighted by molar-refractivity contribution is 0.639. The van der Waals surface area contributed by atoms with Crippen LogP contribution < -0.4 is 0 Å². The third kappa shape index (κ3) is 1.34. The van der Waals surface area contributed by atoms with E-state index in [1.165, 1.54) is 0 Å². The lowest BCUT2D eigenvalue weighted by Gasteiger charge is -1.98. The Hall–Kier alpha value is -0.600. The smallest absolute Gasteiger partial charge is 0.150 e. The van der Waals surface area contributed by atoms with Gasteiger partial charge in [-0.1, -0.05) is 18.5 Å². The fraction of sp³-hybridized carbons (Fsp3) is 0.200. The molecule has 1 aromatic heterocycles. The van der Waals surface area contributed by atoms with E-state index in [9.17, 15) is 4.39 Å². The topological polar surface area (TPSA) is 0 Å². The first kappa shape index (κ1) is 8.97. The molecular weight excluding hydrogens is 207 g/mol. The molecule has 0 atom stereocenters. The average Bonchev–Trinajstić information content (AvgIpc) is 2.55. The maximum Gasteiger partial charge on any atom is 0.150 e. The van der Waals surface area contributed by atoms with Crippen LogP contribution in [0.2, 0.25) is 5.02 Å². The standard InChI is InChI=1S/C10H8ClFS/c1-2-6-5-13-8-4-3-7(11)10(12)9(6)8/h3-5H,2H2,1H3. The first-order chi connectivity index (χ1) is 6.24. The molecule has 2 rings (SSSR count). The minimum absolute atomic E-state index is 0.209. The third-order valence-electron chi connectivity index (χ3n) is 2.09. The van der Waals surface area contributed by atoms with Crippen molar-refractivity contribution in [1.82, 2.24) is 0 Å². The van der Waals surface area contributed by atoms with Crippen LogP contribution in [-0.2, 0) is 6.42 Å². The number of benzene rings is 1. The van der Waals surface area contributed by atoms with Gasteiger partial charge in [0.1, 0.15) is 0 Å². The molecule has 3 heteroatoms. The Morgan fingerprint density at radius 3 is 2.92 bits per heavy atom. The van der Waals surface area contributed by atoms with Crippen LogP contribution in [0.1, 0.15) is 12.5 Å². The molecule has 1 heterocycles. The maximum absolute atomic E-state index is 13.6. The van der Waals surface area contributed by atoms with Gasteiger partial charge < -0.3 is 0 Å². The van der Waals surface area contributed by atoms with Crippen LogP contribution in [-0.4, -0.2) is 0 Å². The van der Waals surface area contributed by atoms with Crippen LogP contribution in [0.25, 0.3) is 10.1 Å². The molecule has 0 amide bonds. The highest BCUT2D eigenvalue weighted by atomic mass is 35.5. The molecular formula is C10H8ClFS. The van der Waals surface area contributed by atoms with Gasteiger partial charge in [0, 0.05) is 10.1 Å². The zero-order valence-corrected chi connectivity index (χ0v) is 8.68. The fourth-order valence-corrected chi connectivity index (χ4v) is 2.58. The van der Waals surface area contributed by atoms with Gasteiger partial charge >= 0.3 is 0 Å². The largest absolute Gasteiger partial charge is 0.205 e. The molecule has 2 aromatic rings. The zero-order chi connectivity index (χ0) is 9.42. The summed E-state index contributed by atoms with van der Waals surface area (Å²) in [6.07, 6.45) is 0.845. The van der Waals surface area contributed by atoms with E-state index in [1.54, 1.807) is 17.4 Å². The van der Waals surface area contributed by atoms with Crippen LogP contribution in [0.3, 0.4) is 0 Å². The minimum atomic E-state index is -0.280. The van der Waals surface area contributed by atoms with Crippen LogP contribution in [0, 0.1) is 5.82 Å². The van der Waals surface area contributed by atoms with E-state index in [2.05, 4.69) is 0 Å². The Bertz CT molecular complexity index is 447. The molecule has 0 bridgehead atoms. The molecule has 0 unspecified atom stereocenters. The predicted octanol–water partition coefficient (Wildman–Crippen LogP) is 4.26. The van der Waals surface area contributed by atoms with E-state index in [0.29, 0.717) is 5.39 Å². The summed E-state index contributed by atoms with van der Waals surface area (Å²) in [6, 6.07) is 3.47. The van der Waals surface area contributed by atoms with E-state index in [1.807, 2.05) is 18.4 Å². The van der Waals surface area contributed by atoms with Crippen molar-refractivity contribution in [1.29, 1.82) is 0 Å². The minimum Gasteiger partial charge on any atom is -0.205 e. The number of halogens is 2. The molecule has 1 aromatic carbocycles. The molecule has 0 aliphatic rings. The summed E-state index contributed by atoms with van der Waals surface area (Å²) in [5, 5.41) is 2.89. The Kier molecular flexibility index (Phi) is 2.26. The van der Waals surface area contributed by atoms with Gasteiger partial charge in [-0.05, 0) is 29.5 Å². The van der Waals surface area contributed by atoms with Crippen molar-refractivity contribution in [3.8, 4) is 0 Å². The molecule has 0 saturated carbocycles. The van der Waals surface area contributed by atoms with Crippen molar-refractivity contribution in [2.75, 3.05) is 0 Å². The summed E-state index contributed by atoms with van der Waals surface area (Å²) in [5.74, 6) is -0.280. The van der Waals surface area contributed by atoms with E-state index >= 15 is 0 Å². The summed E-state index contributed by atoms with van der Waals surface area (Å²) < 4.78 is 14.5. The fourth-order valence-electron chi connectivity index (χ4n) is 1.38. The first-order valence-corrected chi connectivity index (χ1v) is 5.34. The molecule has 0 spiro atoms. The molecule has 0 aliphatic carbocycles. The second-order valence-electron chi connectivity index (χ2n) is 2.85. The Labute approximate surface area is 85.0 Å². The van der Waals surface area contributed by atoms with Gasteiger partial charge in [-0.2, -0.15) is 0 Å². The summed E-state index contributed by atoms with van der Waals surface area (Å²) >= 11 is 7.27. The van der Waals surface area contributed by atoms with Gasteiger partial charge in [-0.3, -0.25) is 0 Å². The van der Waals surface area contributed by atoms with Gasteiger partial charge in [0.15, 0.2) is 5.82 Å². The SMILES string of the molecule is CCc1csc2ccc(Cl)c(F)c12. The van der Waals surface area contributed by atoms with Crippen molar-refractivity contribution >= 4 is 33.0 Å². The van der Waals surface area contributed by atoms with E-state index < -0.39 is 0 Å². The second kappa shape index (κ2) is 3.28. The summed E-state index contributed by atoms with van der Waals surface area (Å²) in [6.45, 7) is 2.02. The second-order valence-corrected chi connectivity index (χ2v) is 4.17. The zero-order valence-electron chi connectivity index (χ0n) is 7.10. The van der Waals surface area contributed by atoms with Crippen LogP contribution >= 0.6 is 22.9 Å². The van der Waals surface area contributed by atoms with Crippen molar-refractivity contribution < 1.29 is 4.39 Å². The molecule has 0 aliphatic heterocycles. The summed E-state index contributed by atoms with van der Waals surface area (Å²) in [7, 11) is 0. The van der Waals surface area contributed by atoms with E-state index in [-0.39, 0.29) is 10.8 Å². The first-order valence-electron chi connectivity index (χ1n) is 4.08. The molecule has 68 valence electrons. The van der Waals surface area contributed by atoms with Gasteiger partial charge in [-0.25, -0.2) is 4.39 Å². The van der Waals surface area contributed by atoms with Gasteiger partial charge in [0.2, 0.25) is 0 Å². The molecule has 13 heavy (non-hydrogen) atoms. The number of fused-ring (bicyclic) bond motifs is 1. The molecule has 0 fully saturated rings. The molecule has 0 radical (unpaired) electrons. The quantitative estimate of drug-likeness (QED) is 0.666. The molecule has 0 nitrogen and oxygen atoms in total. The summed E-state index contributed by atoms with van der Waals surface area (Å²) in [5.41, 5.74) is 1.04. The number of rotatable bonds is 1.